The van der Waals surface area contributed by atoms with Crippen LogP contribution < -0.4 is 5.73 Å². The first-order valence-electron chi connectivity index (χ1n) is 5.28. The summed E-state index contributed by atoms with van der Waals surface area (Å²) in [5.74, 6) is 0.243. The second-order valence-corrected chi connectivity index (χ2v) is 4.18. The van der Waals surface area contributed by atoms with Gasteiger partial charge >= 0.3 is 0 Å². The zero-order valence-corrected chi connectivity index (χ0v) is 9.36. The van der Waals surface area contributed by atoms with Gasteiger partial charge in [0.25, 0.3) is 0 Å². The van der Waals surface area contributed by atoms with E-state index >= 15 is 0 Å². The summed E-state index contributed by atoms with van der Waals surface area (Å²) in [5, 5.41) is 0. The van der Waals surface area contributed by atoms with Gasteiger partial charge < -0.3 is 10.6 Å². The number of carbonyl (C=O) groups is 1. The normalized spacial score (nSPS) is 22.9. The molecule has 1 aliphatic heterocycles. The van der Waals surface area contributed by atoms with E-state index in [-0.39, 0.29) is 11.9 Å². The van der Waals surface area contributed by atoms with Crippen LogP contribution in [0.25, 0.3) is 0 Å². The van der Waals surface area contributed by atoms with Crippen molar-refractivity contribution in [3.05, 3.63) is 0 Å². The molecule has 1 unspecified atom stereocenters. The predicted octanol–water partition coefficient (Wildman–Crippen LogP) is -0.114. The van der Waals surface area contributed by atoms with Crippen molar-refractivity contribution < 1.29 is 4.79 Å². The minimum absolute atomic E-state index is 0.0588. The number of likely N-dealkylation sites (N-methyl/N-ethyl adjacent to an activating group) is 1. The SMILES string of the molecule is CC(C)N(CCN)C1CCN(C)C1=O. The van der Waals surface area contributed by atoms with Gasteiger partial charge in [-0.15, -0.1) is 0 Å². The lowest BCUT2D eigenvalue weighted by atomic mass is 10.1. The van der Waals surface area contributed by atoms with Crippen LogP contribution in [0.3, 0.4) is 0 Å². The van der Waals surface area contributed by atoms with E-state index in [1.54, 1.807) is 4.90 Å². The molecule has 14 heavy (non-hydrogen) atoms. The Morgan fingerprint density at radius 1 is 1.64 bits per heavy atom. The van der Waals surface area contributed by atoms with Crippen molar-refractivity contribution in [3.8, 4) is 0 Å². The second kappa shape index (κ2) is 4.75. The van der Waals surface area contributed by atoms with Gasteiger partial charge in [-0.2, -0.15) is 0 Å². The van der Waals surface area contributed by atoms with Crippen molar-refractivity contribution in [2.75, 3.05) is 26.7 Å². The van der Waals surface area contributed by atoms with Crippen LogP contribution in [0.5, 0.6) is 0 Å². The molecule has 1 atom stereocenters. The van der Waals surface area contributed by atoms with Crippen LogP contribution in [0.1, 0.15) is 20.3 Å². The number of nitrogens with zero attached hydrogens (tertiary/aromatic N) is 2. The molecule has 1 fully saturated rings. The standard InChI is InChI=1S/C10H21N3O/c1-8(2)13(7-5-11)9-4-6-12(3)10(9)14/h8-9H,4-7,11H2,1-3H3. The van der Waals surface area contributed by atoms with Crippen molar-refractivity contribution in [3.63, 3.8) is 0 Å². The third-order valence-electron chi connectivity index (χ3n) is 2.85. The summed E-state index contributed by atoms with van der Waals surface area (Å²) >= 11 is 0. The van der Waals surface area contributed by atoms with Gasteiger partial charge in [-0.25, -0.2) is 0 Å². The molecule has 0 aromatic carbocycles. The van der Waals surface area contributed by atoms with Crippen LogP contribution in [-0.2, 0) is 4.79 Å². The molecule has 0 aromatic rings. The Balaban J connectivity index is 2.64. The molecule has 0 bridgehead atoms. The topological polar surface area (TPSA) is 49.6 Å². The van der Waals surface area contributed by atoms with Gasteiger partial charge in [-0.3, -0.25) is 9.69 Å². The Hall–Kier alpha value is -0.610. The molecule has 0 spiro atoms. The van der Waals surface area contributed by atoms with Crippen LogP contribution in [0.4, 0.5) is 0 Å². The van der Waals surface area contributed by atoms with Gasteiger partial charge in [0, 0.05) is 32.7 Å². The molecular formula is C10H21N3O. The molecule has 0 aromatic heterocycles. The Morgan fingerprint density at radius 2 is 2.29 bits per heavy atom. The molecule has 82 valence electrons. The molecule has 1 aliphatic rings. The second-order valence-electron chi connectivity index (χ2n) is 4.18. The van der Waals surface area contributed by atoms with E-state index in [1.165, 1.54) is 0 Å². The summed E-state index contributed by atoms with van der Waals surface area (Å²) in [4.78, 5) is 15.8. The number of carbonyl (C=O) groups excluding carboxylic acids is 1. The lowest BCUT2D eigenvalue weighted by molar-refractivity contribution is -0.131. The summed E-state index contributed by atoms with van der Waals surface area (Å²) in [7, 11) is 1.86. The summed E-state index contributed by atoms with van der Waals surface area (Å²) in [6.07, 6.45) is 0.938. The molecule has 1 heterocycles. The van der Waals surface area contributed by atoms with Crippen molar-refractivity contribution in [1.82, 2.24) is 9.80 Å². The van der Waals surface area contributed by atoms with Crippen LogP contribution in [0, 0.1) is 0 Å². The van der Waals surface area contributed by atoms with Gasteiger partial charge in [-0.1, -0.05) is 0 Å². The van der Waals surface area contributed by atoms with E-state index in [0.29, 0.717) is 12.6 Å². The highest BCUT2D eigenvalue weighted by atomic mass is 16.2. The molecule has 2 N–H and O–H groups in total. The highest BCUT2D eigenvalue weighted by molar-refractivity contribution is 5.83. The van der Waals surface area contributed by atoms with Gasteiger partial charge in [0.1, 0.15) is 0 Å². The smallest absolute Gasteiger partial charge is 0.239 e. The van der Waals surface area contributed by atoms with E-state index in [0.717, 1.165) is 19.5 Å². The maximum absolute atomic E-state index is 11.8. The first-order valence-corrected chi connectivity index (χ1v) is 5.28. The number of hydrogen-bond acceptors (Lipinski definition) is 3. The molecule has 0 radical (unpaired) electrons. The monoisotopic (exact) mass is 199 g/mol. The Bertz CT molecular complexity index is 206. The predicted molar refractivity (Wildman–Crippen MR) is 56.9 cm³/mol. The van der Waals surface area contributed by atoms with Crippen molar-refractivity contribution >= 4 is 5.91 Å². The first kappa shape index (κ1) is 11.5. The third kappa shape index (κ3) is 2.25. The molecular weight excluding hydrogens is 178 g/mol. The maximum Gasteiger partial charge on any atom is 0.239 e. The third-order valence-corrected chi connectivity index (χ3v) is 2.85. The number of rotatable bonds is 4. The average Bonchev–Trinajstić information content (AvgIpc) is 2.44. The van der Waals surface area contributed by atoms with E-state index in [1.807, 2.05) is 7.05 Å². The zero-order chi connectivity index (χ0) is 10.7. The highest BCUT2D eigenvalue weighted by Gasteiger charge is 2.34. The van der Waals surface area contributed by atoms with Crippen molar-refractivity contribution in [2.24, 2.45) is 5.73 Å². The fourth-order valence-corrected chi connectivity index (χ4v) is 2.03. The number of amides is 1. The molecule has 4 nitrogen and oxygen atoms in total. The van der Waals surface area contributed by atoms with Gasteiger partial charge in [0.05, 0.1) is 6.04 Å². The molecule has 1 saturated heterocycles. The van der Waals surface area contributed by atoms with E-state index in [9.17, 15) is 4.79 Å². The molecule has 0 saturated carbocycles. The summed E-state index contributed by atoms with van der Waals surface area (Å²) in [6, 6.07) is 0.447. The average molecular weight is 199 g/mol. The maximum atomic E-state index is 11.8. The van der Waals surface area contributed by atoms with Crippen molar-refractivity contribution in [1.29, 1.82) is 0 Å². The quantitative estimate of drug-likeness (QED) is 0.687. The molecule has 0 aliphatic carbocycles. The lowest BCUT2D eigenvalue weighted by Crippen LogP contribution is -2.47. The van der Waals surface area contributed by atoms with Gasteiger partial charge in [0.2, 0.25) is 5.91 Å². The number of nitrogens with two attached hydrogens (primary N) is 1. The van der Waals surface area contributed by atoms with Crippen LogP contribution in [0.15, 0.2) is 0 Å². The lowest BCUT2D eigenvalue weighted by Gasteiger charge is -2.30. The number of likely N-dealkylation sites (tertiary alicyclic amines) is 1. The fraction of sp³-hybridized carbons (Fsp3) is 0.900. The first-order chi connectivity index (χ1) is 6.57. The molecule has 1 amide bonds. The van der Waals surface area contributed by atoms with Gasteiger partial charge in [0.15, 0.2) is 0 Å². The fourth-order valence-electron chi connectivity index (χ4n) is 2.03. The van der Waals surface area contributed by atoms with Crippen LogP contribution >= 0.6 is 0 Å². The Labute approximate surface area is 86.0 Å². The summed E-state index contributed by atoms with van der Waals surface area (Å²) in [5.41, 5.74) is 5.55. The zero-order valence-electron chi connectivity index (χ0n) is 9.36. The van der Waals surface area contributed by atoms with E-state index in [4.69, 9.17) is 5.73 Å². The molecule has 1 rings (SSSR count). The summed E-state index contributed by atoms with van der Waals surface area (Å²) in [6.45, 7) is 6.52. The summed E-state index contributed by atoms with van der Waals surface area (Å²) < 4.78 is 0. The highest BCUT2D eigenvalue weighted by Crippen LogP contribution is 2.17. The Morgan fingerprint density at radius 3 is 2.64 bits per heavy atom. The minimum Gasteiger partial charge on any atom is -0.344 e. The minimum atomic E-state index is 0.0588. The van der Waals surface area contributed by atoms with E-state index < -0.39 is 0 Å². The largest absolute Gasteiger partial charge is 0.344 e. The van der Waals surface area contributed by atoms with E-state index in [2.05, 4.69) is 18.7 Å². The van der Waals surface area contributed by atoms with Crippen molar-refractivity contribution in [2.45, 2.75) is 32.4 Å². The van der Waals surface area contributed by atoms with Crippen LogP contribution in [-0.4, -0.2) is 54.5 Å². The Kier molecular flexibility index (Phi) is 3.89. The molecule has 4 heteroatoms. The van der Waals surface area contributed by atoms with Gasteiger partial charge in [-0.05, 0) is 20.3 Å². The number of hydrogen-bond donors (Lipinski definition) is 1. The van der Waals surface area contributed by atoms with Crippen LogP contribution in [0.2, 0.25) is 0 Å².